The maximum Gasteiger partial charge on any atom is 0.328 e. The number of hydrogen-bond acceptors (Lipinski definition) is 4. The van der Waals surface area contributed by atoms with Gasteiger partial charge in [0.25, 0.3) is 0 Å². The minimum absolute atomic E-state index is 0.271. The Kier molecular flexibility index (Phi) is 5.00. The van der Waals surface area contributed by atoms with Crippen molar-refractivity contribution in [1.29, 1.82) is 0 Å². The van der Waals surface area contributed by atoms with Crippen LogP contribution >= 0.6 is 0 Å². The molecule has 1 aromatic rings. The van der Waals surface area contributed by atoms with E-state index in [0.717, 1.165) is 0 Å². The Bertz CT molecular complexity index is 395. The smallest absolute Gasteiger partial charge is 0.328 e. The van der Waals surface area contributed by atoms with Crippen LogP contribution in [0.3, 0.4) is 0 Å². The van der Waals surface area contributed by atoms with E-state index in [0.29, 0.717) is 12.2 Å². The number of rotatable bonds is 5. The second-order valence-corrected chi connectivity index (χ2v) is 3.43. The van der Waals surface area contributed by atoms with Crippen molar-refractivity contribution in [3.63, 3.8) is 0 Å². The molecule has 1 aromatic heterocycles. The molecule has 0 aliphatic rings. The zero-order valence-electron chi connectivity index (χ0n) is 9.80. The third kappa shape index (κ3) is 4.55. The summed E-state index contributed by atoms with van der Waals surface area (Å²) in [6, 6.07) is 2.90. The predicted octanol–water partition coefficient (Wildman–Crippen LogP) is 1.36. The van der Waals surface area contributed by atoms with Crippen molar-refractivity contribution in [1.82, 2.24) is 5.32 Å². The number of nitrogens with one attached hydrogen (secondary N) is 1. The Balaban J connectivity index is 2.54. The molecular formula is C12H15NO4. The summed E-state index contributed by atoms with van der Waals surface area (Å²) in [6.07, 6.45) is 5.40. The van der Waals surface area contributed by atoms with Crippen LogP contribution in [0.2, 0.25) is 0 Å². The Morgan fingerprint density at radius 1 is 1.59 bits per heavy atom. The predicted molar refractivity (Wildman–Crippen MR) is 62.0 cm³/mol. The SMILES string of the molecule is COC(=O)[C@@H](C/C=C/c1ccco1)NC(C)=O. The molecule has 0 spiro atoms. The van der Waals surface area contributed by atoms with E-state index in [1.165, 1.54) is 14.0 Å². The summed E-state index contributed by atoms with van der Waals surface area (Å²) in [5.74, 6) is -0.0486. The first-order chi connectivity index (χ1) is 8.13. The number of ether oxygens (including phenoxy) is 1. The fourth-order valence-electron chi connectivity index (χ4n) is 1.31. The first-order valence-corrected chi connectivity index (χ1v) is 5.18. The molecule has 0 radical (unpaired) electrons. The van der Waals surface area contributed by atoms with Gasteiger partial charge < -0.3 is 14.5 Å². The van der Waals surface area contributed by atoms with Crippen LogP contribution in [-0.4, -0.2) is 25.0 Å². The monoisotopic (exact) mass is 237 g/mol. The summed E-state index contributed by atoms with van der Waals surface area (Å²) in [4.78, 5) is 22.3. The van der Waals surface area contributed by atoms with E-state index >= 15 is 0 Å². The van der Waals surface area contributed by atoms with Crippen molar-refractivity contribution < 1.29 is 18.7 Å². The number of amides is 1. The van der Waals surface area contributed by atoms with Crippen molar-refractivity contribution in [2.24, 2.45) is 0 Å². The van der Waals surface area contributed by atoms with Crippen LogP contribution < -0.4 is 5.32 Å². The molecule has 0 unspecified atom stereocenters. The van der Waals surface area contributed by atoms with Gasteiger partial charge in [0.15, 0.2) is 0 Å². The van der Waals surface area contributed by atoms with E-state index in [1.54, 1.807) is 30.5 Å². The van der Waals surface area contributed by atoms with Gasteiger partial charge in [-0.1, -0.05) is 6.08 Å². The highest BCUT2D eigenvalue weighted by Gasteiger charge is 2.18. The van der Waals surface area contributed by atoms with Gasteiger partial charge in [-0.3, -0.25) is 4.79 Å². The second kappa shape index (κ2) is 6.52. The van der Waals surface area contributed by atoms with Crippen molar-refractivity contribution in [2.45, 2.75) is 19.4 Å². The lowest BCUT2D eigenvalue weighted by molar-refractivity contribution is -0.144. The van der Waals surface area contributed by atoms with Gasteiger partial charge in [-0.15, -0.1) is 0 Å². The van der Waals surface area contributed by atoms with Crippen LogP contribution in [0.5, 0.6) is 0 Å². The molecule has 1 amide bonds. The molecule has 0 saturated carbocycles. The summed E-state index contributed by atoms with van der Waals surface area (Å²) >= 11 is 0. The van der Waals surface area contributed by atoms with Gasteiger partial charge >= 0.3 is 5.97 Å². The van der Waals surface area contributed by atoms with Crippen molar-refractivity contribution in [3.8, 4) is 0 Å². The molecule has 1 N–H and O–H groups in total. The van der Waals surface area contributed by atoms with E-state index in [1.807, 2.05) is 0 Å². The molecule has 17 heavy (non-hydrogen) atoms. The molecule has 1 atom stereocenters. The summed E-state index contributed by atoms with van der Waals surface area (Å²) in [7, 11) is 1.29. The van der Waals surface area contributed by atoms with Gasteiger partial charge in [-0.25, -0.2) is 4.79 Å². The molecule has 0 aliphatic carbocycles. The van der Waals surface area contributed by atoms with Crippen molar-refractivity contribution in [3.05, 3.63) is 30.2 Å². The first kappa shape index (κ1) is 13.0. The van der Waals surface area contributed by atoms with Gasteiger partial charge in [-0.2, -0.15) is 0 Å². The molecule has 92 valence electrons. The summed E-state index contributed by atoms with van der Waals surface area (Å²) in [5.41, 5.74) is 0. The second-order valence-electron chi connectivity index (χ2n) is 3.43. The van der Waals surface area contributed by atoms with Gasteiger partial charge in [0.2, 0.25) is 5.91 Å². The van der Waals surface area contributed by atoms with E-state index in [9.17, 15) is 9.59 Å². The summed E-state index contributed by atoms with van der Waals surface area (Å²) < 4.78 is 9.68. The normalized spacial score (nSPS) is 12.4. The van der Waals surface area contributed by atoms with E-state index in [4.69, 9.17) is 4.42 Å². The number of carbonyl (C=O) groups excluding carboxylic acids is 2. The molecule has 0 aromatic carbocycles. The molecule has 0 saturated heterocycles. The van der Waals surface area contributed by atoms with Crippen LogP contribution in [0.1, 0.15) is 19.1 Å². The number of esters is 1. The highest BCUT2D eigenvalue weighted by atomic mass is 16.5. The van der Waals surface area contributed by atoms with Crippen molar-refractivity contribution >= 4 is 18.0 Å². The quantitative estimate of drug-likeness (QED) is 0.785. The maximum absolute atomic E-state index is 11.3. The largest absolute Gasteiger partial charge is 0.467 e. The lowest BCUT2D eigenvalue weighted by atomic mass is 10.2. The van der Waals surface area contributed by atoms with Crippen LogP contribution in [0, 0.1) is 0 Å². The zero-order chi connectivity index (χ0) is 12.7. The molecule has 0 aliphatic heterocycles. The first-order valence-electron chi connectivity index (χ1n) is 5.18. The molecule has 0 fully saturated rings. The highest BCUT2D eigenvalue weighted by Crippen LogP contribution is 2.05. The third-order valence-corrected chi connectivity index (χ3v) is 2.06. The molecule has 1 heterocycles. The Morgan fingerprint density at radius 3 is 2.88 bits per heavy atom. The summed E-state index contributed by atoms with van der Waals surface area (Å²) in [5, 5.41) is 2.52. The van der Waals surface area contributed by atoms with Crippen LogP contribution in [-0.2, 0) is 14.3 Å². The van der Waals surface area contributed by atoms with Gasteiger partial charge in [0.1, 0.15) is 11.8 Å². The average Bonchev–Trinajstić information content (AvgIpc) is 2.79. The van der Waals surface area contributed by atoms with E-state index < -0.39 is 12.0 Å². The fourth-order valence-corrected chi connectivity index (χ4v) is 1.31. The Morgan fingerprint density at radius 2 is 2.35 bits per heavy atom. The highest BCUT2D eigenvalue weighted by molar-refractivity contribution is 5.83. The fraction of sp³-hybridized carbons (Fsp3) is 0.333. The Labute approximate surface area is 99.4 Å². The minimum atomic E-state index is -0.663. The number of carbonyl (C=O) groups is 2. The van der Waals surface area contributed by atoms with Gasteiger partial charge in [-0.05, 0) is 24.6 Å². The molecule has 5 heteroatoms. The maximum atomic E-state index is 11.3. The molecular weight excluding hydrogens is 222 g/mol. The Hall–Kier alpha value is -2.04. The third-order valence-electron chi connectivity index (χ3n) is 2.06. The average molecular weight is 237 g/mol. The van der Waals surface area contributed by atoms with Gasteiger partial charge in [0, 0.05) is 6.92 Å². The zero-order valence-corrected chi connectivity index (χ0v) is 9.80. The van der Waals surface area contributed by atoms with E-state index in [2.05, 4.69) is 10.1 Å². The minimum Gasteiger partial charge on any atom is -0.467 e. The van der Waals surface area contributed by atoms with Crippen LogP contribution in [0.15, 0.2) is 28.9 Å². The van der Waals surface area contributed by atoms with Gasteiger partial charge in [0.05, 0.1) is 13.4 Å². The molecule has 1 rings (SSSR count). The van der Waals surface area contributed by atoms with Crippen LogP contribution in [0.4, 0.5) is 0 Å². The van der Waals surface area contributed by atoms with Crippen molar-refractivity contribution in [2.75, 3.05) is 7.11 Å². The lowest BCUT2D eigenvalue weighted by Crippen LogP contribution is -2.39. The number of methoxy groups -OCH3 is 1. The standard InChI is InChI=1S/C12H15NO4/c1-9(14)13-11(12(15)16-2)7-3-5-10-6-4-8-17-10/h3-6,8,11H,7H2,1-2H3,(H,13,14)/b5-3+/t11-/m1/s1. The number of hydrogen-bond donors (Lipinski definition) is 1. The number of furan rings is 1. The summed E-state index contributed by atoms with van der Waals surface area (Å²) in [6.45, 7) is 1.35. The van der Waals surface area contributed by atoms with E-state index in [-0.39, 0.29) is 5.91 Å². The molecule has 0 bridgehead atoms. The molecule has 5 nitrogen and oxygen atoms in total. The topological polar surface area (TPSA) is 68.5 Å². The lowest BCUT2D eigenvalue weighted by Gasteiger charge is -2.12. The van der Waals surface area contributed by atoms with Crippen LogP contribution in [0.25, 0.3) is 6.08 Å².